The van der Waals surface area contributed by atoms with Gasteiger partial charge in [0, 0.05) is 6.21 Å². The summed E-state index contributed by atoms with van der Waals surface area (Å²) in [5.74, 6) is -0.0115. The Labute approximate surface area is 108 Å². The molecule has 0 spiro atoms. The SMILES string of the molecule is CCC(/C=N/NC(=O)c1cccc(C)c1O)CC. The van der Waals surface area contributed by atoms with Gasteiger partial charge in [0.05, 0.1) is 5.56 Å². The lowest BCUT2D eigenvalue weighted by Crippen LogP contribution is -2.18. The minimum Gasteiger partial charge on any atom is -0.507 e. The molecule has 18 heavy (non-hydrogen) atoms. The van der Waals surface area contributed by atoms with Crippen molar-refractivity contribution >= 4 is 12.1 Å². The molecule has 0 atom stereocenters. The number of rotatable bonds is 5. The molecule has 0 fully saturated rings. The summed E-state index contributed by atoms with van der Waals surface area (Å²) in [6, 6.07) is 5.05. The first-order chi connectivity index (χ1) is 8.60. The predicted molar refractivity (Wildman–Crippen MR) is 72.9 cm³/mol. The van der Waals surface area contributed by atoms with Crippen LogP contribution in [0.2, 0.25) is 0 Å². The van der Waals surface area contributed by atoms with E-state index in [0.717, 1.165) is 12.8 Å². The number of para-hydroxylation sites is 1. The molecule has 0 saturated heterocycles. The quantitative estimate of drug-likeness (QED) is 0.621. The second-order valence-corrected chi connectivity index (χ2v) is 4.27. The van der Waals surface area contributed by atoms with Gasteiger partial charge in [-0.05, 0) is 37.3 Å². The van der Waals surface area contributed by atoms with Crippen LogP contribution in [0.3, 0.4) is 0 Å². The van der Waals surface area contributed by atoms with Crippen LogP contribution in [0.1, 0.15) is 42.6 Å². The van der Waals surface area contributed by atoms with E-state index in [0.29, 0.717) is 11.5 Å². The van der Waals surface area contributed by atoms with E-state index in [-0.39, 0.29) is 11.3 Å². The molecular formula is C14H20N2O2. The number of carbonyl (C=O) groups is 1. The Hall–Kier alpha value is -1.84. The van der Waals surface area contributed by atoms with Crippen molar-refractivity contribution in [3.63, 3.8) is 0 Å². The molecule has 1 amide bonds. The third kappa shape index (κ3) is 3.58. The first-order valence-electron chi connectivity index (χ1n) is 6.22. The maximum absolute atomic E-state index is 11.8. The van der Waals surface area contributed by atoms with Gasteiger partial charge in [0.15, 0.2) is 0 Å². The second-order valence-electron chi connectivity index (χ2n) is 4.27. The van der Waals surface area contributed by atoms with Crippen LogP contribution in [0.15, 0.2) is 23.3 Å². The molecule has 0 aliphatic rings. The topological polar surface area (TPSA) is 61.7 Å². The van der Waals surface area contributed by atoms with Crippen LogP contribution in [-0.4, -0.2) is 17.2 Å². The van der Waals surface area contributed by atoms with Crippen molar-refractivity contribution in [2.75, 3.05) is 0 Å². The molecule has 2 N–H and O–H groups in total. The first-order valence-corrected chi connectivity index (χ1v) is 6.22. The van der Waals surface area contributed by atoms with Crippen LogP contribution in [0.4, 0.5) is 0 Å². The Bertz CT molecular complexity index is 437. The molecule has 0 radical (unpaired) electrons. The predicted octanol–water partition coefficient (Wildman–Crippen LogP) is 2.85. The normalized spacial score (nSPS) is 11.1. The van der Waals surface area contributed by atoms with Crippen molar-refractivity contribution in [2.45, 2.75) is 33.6 Å². The largest absolute Gasteiger partial charge is 0.507 e. The van der Waals surface area contributed by atoms with Crippen LogP contribution in [-0.2, 0) is 0 Å². The van der Waals surface area contributed by atoms with E-state index < -0.39 is 5.91 Å². The number of aryl methyl sites for hydroxylation is 1. The maximum Gasteiger partial charge on any atom is 0.275 e. The van der Waals surface area contributed by atoms with Gasteiger partial charge in [-0.25, -0.2) is 5.43 Å². The molecule has 0 heterocycles. The lowest BCUT2D eigenvalue weighted by Gasteiger charge is -2.06. The molecule has 0 aromatic heterocycles. The molecule has 4 nitrogen and oxygen atoms in total. The number of aromatic hydroxyl groups is 1. The monoisotopic (exact) mass is 248 g/mol. The highest BCUT2D eigenvalue weighted by Crippen LogP contribution is 2.20. The van der Waals surface area contributed by atoms with Gasteiger partial charge in [-0.3, -0.25) is 4.79 Å². The standard InChI is InChI=1S/C14H20N2O2/c1-4-11(5-2)9-15-16-14(18)12-8-6-7-10(3)13(12)17/h6-9,11,17H,4-5H2,1-3H3,(H,16,18)/b15-9+. The molecule has 1 rings (SSSR count). The molecule has 1 aromatic rings. The van der Waals surface area contributed by atoms with E-state index in [4.69, 9.17) is 0 Å². The van der Waals surface area contributed by atoms with Crippen LogP contribution in [0.5, 0.6) is 5.75 Å². The van der Waals surface area contributed by atoms with Gasteiger partial charge < -0.3 is 5.11 Å². The van der Waals surface area contributed by atoms with Gasteiger partial charge in [-0.15, -0.1) is 0 Å². The van der Waals surface area contributed by atoms with Gasteiger partial charge in [-0.1, -0.05) is 26.0 Å². The summed E-state index contributed by atoms with van der Waals surface area (Å²) >= 11 is 0. The zero-order valence-corrected chi connectivity index (χ0v) is 11.1. The number of nitrogens with zero attached hydrogens (tertiary/aromatic N) is 1. The Morgan fingerprint density at radius 2 is 2.11 bits per heavy atom. The van der Waals surface area contributed by atoms with E-state index >= 15 is 0 Å². The molecular weight excluding hydrogens is 228 g/mol. The first kappa shape index (κ1) is 14.2. The van der Waals surface area contributed by atoms with E-state index in [2.05, 4.69) is 24.4 Å². The molecule has 0 aliphatic heterocycles. The number of amides is 1. The minimum atomic E-state index is -0.390. The maximum atomic E-state index is 11.8. The number of phenols is 1. The number of hydrogen-bond acceptors (Lipinski definition) is 3. The van der Waals surface area contributed by atoms with Crippen molar-refractivity contribution in [1.29, 1.82) is 0 Å². The van der Waals surface area contributed by atoms with Crippen LogP contribution in [0.25, 0.3) is 0 Å². The summed E-state index contributed by atoms with van der Waals surface area (Å²) < 4.78 is 0. The fourth-order valence-electron chi connectivity index (χ4n) is 1.60. The van der Waals surface area contributed by atoms with Crippen LogP contribution in [0, 0.1) is 12.8 Å². The average Bonchev–Trinajstić information content (AvgIpc) is 2.37. The zero-order chi connectivity index (χ0) is 13.5. The average molecular weight is 248 g/mol. The van der Waals surface area contributed by atoms with E-state index in [1.807, 2.05) is 0 Å². The Morgan fingerprint density at radius 3 is 2.72 bits per heavy atom. The van der Waals surface area contributed by atoms with Crippen molar-refractivity contribution in [1.82, 2.24) is 5.43 Å². The summed E-state index contributed by atoms with van der Waals surface area (Å²) in [6.07, 6.45) is 3.72. The Balaban J connectivity index is 2.69. The second kappa shape index (κ2) is 6.79. The number of hydrazone groups is 1. The van der Waals surface area contributed by atoms with Gasteiger partial charge in [0.25, 0.3) is 5.91 Å². The lowest BCUT2D eigenvalue weighted by atomic mass is 10.1. The van der Waals surface area contributed by atoms with Crippen LogP contribution < -0.4 is 5.43 Å². The van der Waals surface area contributed by atoms with Gasteiger partial charge >= 0.3 is 0 Å². The minimum absolute atomic E-state index is 0.00716. The molecule has 0 aliphatic carbocycles. The van der Waals surface area contributed by atoms with Crippen molar-refractivity contribution in [3.05, 3.63) is 29.3 Å². The lowest BCUT2D eigenvalue weighted by molar-refractivity contribution is 0.0952. The van der Waals surface area contributed by atoms with Gasteiger partial charge in [0.1, 0.15) is 5.75 Å². The number of hydrogen-bond donors (Lipinski definition) is 2. The summed E-state index contributed by atoms with van der Waals surface area (Å²) in [5, 5.41) is 13.7. The molecule has 4 heteroatoms. The van der Waals surface area contributed by atoms with Crippen molar-refractivity contribution < 1.29 is 9.90 Å². The van der Waals surface area contributed by atoms with Gasteiger partial charge in [-0.2, -0.15) is 5.10 Å². The fourth-order valence-corrected chi connectivity index (χ4v) is 1.60. The Morgan fingerprint density at radius 1 is 1.44 bits per heavy atom. The van der Waals surface area contributed by atoms with E-state index in [1.165, 1.54) is 0 Å². The van der Waals surface area contributed by atoms with Crippen molar-refractivity contribution in [2.24, 2.45) is 11.0 Å². The zero-order valence-electron chi connectivity index (χ0n) is 11.1. The highest BCUT2D eigenvalue weighted by atomic mass is 16.3. The van der Waals surface area contributed by atoms with Crippen molar-refractivity contribution in [3.8, 4) is 5.75 Å². The summed E-state index contributed by atoms with van der Waals surface area (Å²) in [7, 11) is 0. The molecule has 0 unspecified atom stereocenters. The molecule has 1 aromatic carbocycles. The number of phenolic OH excluding ortho intramolecular Hbond substituents is 1. The number of benzene rings is 1. The van der Waals surface area contributed by atoms with E-state index in [1.54, 1.807) is 31.3 Å². The third-order valence-electron chi connectivity index (χ3n) is 2.98. The molecule has 0 bridgehead atoms. The van der Waals surface area contributed by atoms with Crippen LogP contribution >= 0.6 is 0 Å². The number of nitrogens with one attached hydrogen (secondary N) is 1. The molecule has 98 valence electrons. The fraction of sp³-hybridized carbons (Fsp3) is 0.429. The number of carbonyl (C=O) groups excluding carboxylic acids is 1. The Kier molecular flexibility index (Phi) is 5.36. The summed E-state index contributed by atoms with van der Waals surface area (Å²) in [6.45, 7) is 5.91. The summed E-state index contributed by atoms with van der Waals surface area (Å²) in [5.41, 5.74) is 3.36. The third-order valence-corrected chi connectivity index (χ3v) is 2.98. The van der Waals surface area contributed by atoms with Gasteiger partial charge in [0.2, 0.25) is 0 Å². The van der Waals surface area contributed by atoms with E-state index in [9.17, 15) is 9.90 Å². The highest BCUT2D eigenvalue weighted by molar-refractivity contribution is 5.97. The molecule has 0 saturated carbocycles. The summed E-state index contributed by atoms with van der Waals surface area (Å²) in [4.78, 5) is 11.8. The highest BCUT2D eigenvalue weighted by Gasteiger charge is 2.11. The smallest absolute Gasteiger partial charge is 0.275 e.